The minimum atomic E-state index is -2.03. The fraction of sp³-hybridized carbons (Fsp3) is 0.368. The lowest BCUT2D eigenvalue weighted by Crippen LogP contribution is -2.46. The molecule has 0 saturated heterocycles. The molecule has 1 aliphatic rings. The fourth-order valence-electron chi connectivity index (χ4n) is 3.11. The monoisotopic (exact) mass is 358 g/mol. The molecule has 2 aromatic rings. The van der Waals surface area contributed by atoms with Gasteiger partial charge in [0, 0.05) is 11.7 Å². The third-order valence-electron chi connectivity index (χ3n) is 4.71. The number of furan rings is 1. The fourth-order valence-corrected chi connectivity index (χ4v) is 3.11. The SMILES string of the molecule is CC1Cc2ccccc2N1Cc1occc1C(=O)NCC(C)(O)C(=O)O. The largest absolute Gasteiger partial charge is 0.479 e. The molecule has 1 aromatic carbocycles. The van der Waals surface area contributed by atoms with Crippen molar-refractivity contribution in [2.24, 2.45) is 0 Å². The van der Waals surface area contributed by atoms with Crippen LogP contribution in [0.1, 0.15) is 35.5 Å². The van der Waals surface area contributed by atoms with E-state index in [-0.39, 0.29) is 6.04 Å². The van der Waals surface area contributed by atoms with Gasteiger partial charge in [-0.05, 0) is 38.0 Å². The van der Waals surface area contributed by atoms with E-state index in [0.29, 0.717) is 17.9 Å². The third kappa shape index (κ3) is 3.43. The average Bonchev–Trinajstić information content (AvgIpc) is 3.18. The first-order valence-electron chi connectivity index (χ1n) is 8.44. The molecule has 1 aliphatic heterocycles. The van der Waals surface area contributed by atoms with Gasteiger partial charge in [0.25, 0.3) is 5.91 Å². The molecule has 2 unspecified atom stereocenters. The number of hydrogen-bond donors (Lipinski definition) is 3. The molecule has 2 atom stereocenters. The molecular formula is C19H22N2O5. The van der Waals surface area contributed by atoms with Crippen molar-refractivity contribution in [3.8, 4) is 0 Å². The molecule has 0 fully saturated rings. The lowest BCUT2D eigenvalue weighted by molar-refractivity contribution is -0.155. The van der Waals surface area contributed by atoms with Crippen LogP contribution in [0.25, 0.3) is 0 Å². The Hall–Kier alpha value is -2.80. The van der Waals surface area contributed by atoms with Crippen LogP contribution < -0.4 is 10.2 Å². The first kappa shape index (κ1) is 18.0. The van der Waals surface area contributed by atoms with Gasteiger partial charge in [0.05, 0.1) is 24.9 Å². The van der Waals surface area contributed by atoms with Crippen molar-refractivity contribution in [3.05, 3.63) is 53.5 Å². The van der Waals surface area contributed by atoms with Crippen LogP contribution in [0.3, 0.4) is 0 Å². The highest BCUT2D eigenvalue weighted by Crippen LogP contribution is 2.33. The second-order valence-electron chi connectivity index (χ2n) is 6.83. The molecule has 0 bridgehead atoms. The predicted octanol–water partition coefficient (Wildman–Crippen LogP) is 1.80. The number of benzene rings is 1. The van der Waals surface area contributed by atoms with Gasteiger partial charge in [0.2, 0.25) is 0 Å². The number of rotatable bonds is 6. The van der Waals surface area contributed by atoms with Gasteiger partial charge in [-0.25, -0.2) is 4.79 Å². The molecule has 3 rings (SSSR count). The van der Waals surface area contributed by atoms with Crippen molar-refractivity contribution in [1.29, 1.82) is 0 Å². The molecule has 2 heterocycles. The number of anilines is 1. The van der Waals surface area contributed by atoms with Crippen LogP contribution in [0.5, 0.6) is 0 Å². The van der Waals surface area contributed by atoms with Gasteiger partial charge in [-0.1, -0.05) is 18.2 Å². The number of aliphatic hydroxyl groups is 1. The zero-order chi connectivity index (χ0) is 18.9. The number of nitrogens with zero attached hydrogens (tertiary/aromatic N) is 1. The number of carbonyl (C=O) groups excluding carboxylic acids is 1. The van der Waals surface area contributed by atoms with E-state index in [0.717, 1.165) is 19.0 Å². The molecule has 0 spiro atoms. The zero-order valence-electron chi connectivity index (χ0n) is 14.7. The van der Waals surface area contributed by atoms with Crippen molar-refractivity contribution in [3.63, 3.8) is 0 Å². The number of carbonyl (C=O) groups is 2. The Kier molecular flexibility index (Phi) is 4.73. The summed E-state index contributed by atoms with van der Waals surface area (Å²) in [6.07, 6.45) is 2.37. The van der Waals surface area contributed by atoms with Gasteiger partial charge < -0.3 is 24.8 Å². The standard InChI is InChI=1S/C19H22N2O5/c1-12-9-13-5-3-4-6-15(13)21(12)10-16-14(7-8-26-16)17(22)20-11-19(2,25)18(23)24/h3-8,12,25H,9-11H2,1-2H3,(H,20,22)(H,23,24). The lowest BCUT2D eigenvalue weighted by Gasteiger charge is -2.24. The lowest BCUT2D eigenvalue weighted by atomic mass is 10.1. The van der Waals surface area contributed by atoms with E-state index >= 15 is 0 Å². The smallest absolute Gasteiger partial charge is 0.337 e. The minimum Gasteiger partial charge on any atom is -0.479 e. The van der Waals surface area contributed by atoms with E-state index in [9.17, 15) is 14.7 Å². The van der Waals surface area contributed by atoms with Gasteiger partial charge in [0.1, 0.15) is 5.76 Å². The molecule has 1 amide bonds. The molecule has 0 saturated carbocycles. The highest BCUT2D eigenvalue weighted by Gasteiger charge is 2.32. The quantitative estimate of drug-likeness (QED) is 0.728. The molecule has 0 radical (unpaired) electrons. The number of aliphatic carboxylic acids is 1. The maximum Gasteiger partial charge on any atom is 0.337 e. The molecule has 0 aliphatic carbocycles. The van der Waals surface area contributed by atoms with E-state index in [4.69, 9.17) is 9.52 Å². The summed E-state index contributed by atoms with van der Waals surface area (Å²) in [6.45, 7) is 3.29. The van der Waals surface area contributed by atoms with Crippen LogP contribution in [0, 0.1) is 0 Å². The molecule has 26 heavy (non-hydrogen) atoms. The zero-order valence-corrected chi connectivity index (χ0v) is 14.7. The summed E-state index contributed by atoms with van der Waals surface area (Å²) in [5, 5.41) is 21.1. The molecule has 7 heteroatoms. The van der Waals surface area contributed by atoms with E-state index in [2.05, 4.69) is 23.2 Å². The first-order chi connectivity index (χ1) is 12.3. The van der Waals surface area contributed by atoms with Crippen molar-refractivity contribution >= 4 is 17.6 Å². The summed E-state index contributed by atoms with van der Waals surface area (Å²) in [5.41, 5.74) is 0.691. The first-order valence-corrected chi connectivity index (χ1v) is 8.44. The second kappa shape index (κ2) is 6.84. The Bertz CT molecular complexity index is 827. The molecule has 7 nitrogen and oxygen atoms in total. The summed E-state index contributed by atoms with van der Waals surface area (Å²) < 4.78 is 5.51. The normalized spacial score (nSPS) is 18.3. The highest BCUT2D eigenvalue weighted by atomic mass is 16.4. The van der Waals surface area contributed by atoms with Crippen LogP contribution in [0.2, 0.25) is 0 Å². The number of amides is 1. The van der Waals surface area contributed by atoms with Crippen molar-refractivity contribution in [2.75, 3.05) is 11.4 Å². The molecule has 138 valence electrons. The third-order valence-corrected chi connectivity index (χ3v) is 4.71. The number of para-hydroxylation sites is 1. The molecule has 1 aromatic heterocycles. The van der Waals surface area contributed by atoms with Crippen LogP contribution in [-0.4, -0.2) is 40.3 Å². The topological polar surface area (TPSA) is 103 Å². The van der Waals surface area contributed by atoms with E-state index < -0.39 is 24.0 Å². The predicted molar refractivity (Wildman–Crippen MR) is 95.1 cm³/mol. The number of carboxylic acid groups (broad SMARTS) is 1. The van der Waals surface area contributed by atoms with Crippen LogP contribution in [-0.2, 0) is 17.8 Å². The van der Waals surface area contributed by atoms with Gasteiger partial charge in [0.15, 0.2) is 5.60 Å². The molecule has 3 N–H and O–H groups in total. The maximum atomic E-state index is 12.4. The summed E-state index contributed by atoms with van der Waals surface area (Å²) >= 11 is 0. The van der Waals surface area contributed by atoms with Crippen LogP contribution in [0.15, 0.2) is 41.0 Å². The van der Waals surface area contributed by atoms with Gasteiger partial charge in [-0.2, -0.15) is 0 Å². The Morgan fingerprint density at radius 2 is 2.08 bits per heavy atom. The van der Waals surface area contributed by atoms with Crippen molar-refractivity contribution < 1.29 is 24.2 Å². The van der Waals surface area contributed by atoms with Crippen LogP contribution >= 0.6 is 0 Å². The number of fused-ring (bicyclic) bond motifs is 1. The summed E-state index contributed by atoms with van der Waals surface area (Å²) in [7, 11) is 0. The second-order valence-corrected chi connectivity index (χ2v) is 6.83. The summed E-state index contributed by atoms with van der Waals surface area (Å²) in [6, 6.07) is 9.96. The summed E-state index contributed by atoms with van der Waals surface area (Å²) in [5.74, 6) is -1.37. The molecular weight excluding hydrogens is 336 g/mol. The Morgan fingerprint density at radius 1 is 1.35 bits per heavy atom. The van der Waals surface area contributed by atoms with Gasteiger partial charge in [-0.15, -0.1) is 0 Å². The number of nitrogens with one attached hydrogen (secondary N) is 1. The summed E-state index contributed by atoms with van der Waals surface area (Å²) in [4.78, 5) is 25.5. The highest BCUT2D eigenvalue weighted by molar-refractivity contribution is 5.95. The van der Waals surface area contributed by atoms with E-state index in [1.54, 1.807) is 6.07 Å². The van der Waals surface area contributed by atoms with Gasteiger partial charge >= 0.3 is 5.97 Å². The number of carboxylic acids is 1. The average molecular weight is 358 g/mol. The maximum absolute atomic E-state index is 12.4. The van der Waals surface area contributed by atoms with E-state index in [1.165, 1.54) is 11.8 Å². The Labute approximate surface area is 151 Å². The van der Waals surface area contributed by atoms with E-state index in [1.807, 2.05) is 18.2 Å². The van der Waals surface area contributed by atoms with Crippen molar-refractivity contribution in [1.82, 2.24) is 5.32 Å². The minimum absolute atomic E-state index is 0.279. The van der Waals surface area contributed by atoms with Crippen LogP contribution in [0.4, 0.5) is 5.69 Å². The van der Waals surface area contributed by atoms with Gasteiger partial charge in [-0.3, -0.25) is 4.79 Å². The Balaban J connectivity index is 1.73. The number of hydrogen-bond acceptors (Lipinski definition) is 5. The Morgan fingerprint density at radius 3 is 2.81 bits per heavy atom. The van der Waals surface area contributed by atoms with Crippen molar-refractivity contribution in [2.45, 2.75) is 38.5 Å².